The van der Waals surface area contributed by atoms with E-state index in [2.05, 4.69) is 11.5 Å². The third-order valence-corrected chi connectivity index (χ3v) is 4.20. The molecule has 5 nitrogen and oxygen atoms in total. The second-order valence-corrected chi connectivity index (χ2v) is 6.04. The van der Waals surface area contributed by atoms with Crippen LogP contribution in [0.1, 0.15) is 40.7 Å². The molecule has 0 saturated heterocycles. The van der Waals surface area contributed by atoms with Gasteiger partial charge in [0.2, 0.25) is 5.78 Å². The zero-order valence-corrected chi connectivity index (χ0v) is 15.7. The van der Waals surface area contributed by atoms with Crippen LogP contribution >= 0.6 is 0 Å². The smallest absolute Gasteiger partial charge is 0.331 e. The largest absolute Gasteiger partial charge is 0.496 e. The quantitative estimate of drug-likeness (QED) is 0.408. The minimum absolute atomic E-state index is 0.195. The van der Waals surface area contributed by atoms with Gasteiger partial charge in [-0.05, 0) is 38.5 Å². The van der Waals surface area contributed by atoms with Crippen LogP contribution in [-0.2, 0) is 16.1 Å². The van der Waals surface area contributed by atoms with Crippen LogP contribution in [0, 0.1) is 13.8 Å². The van der Waals surface area contributed by atoms with Crippen LogP contribution in [0.15, 0.2) is 36.4 Å². The minimum atomic E-state index is -0.563. The molecule has 1 aromatic carbocycles. The molecule has 0 N–H and O–H groups in total. The fourth-order valence-corrected chi connectivity index (χ4v) is 2.88. The molecule has 138 valence electrons. The van der Waals surface area contributed by atoms with Crippen molar-refractivity contribution in [2.45, 2.75) is 33.7 Å². The van der Waals surface area contributed by atoms with Crippen molar-refractivity contribution in [1.29, 1.82) is 0 Å². The monoisotopic (exact) mass is 355 g/mol. The normalized spacial score (nSPS) is 10.9. The SMILES string of the molecule is CCCn1c(C)cc(C(=O)COC(=O)/C=C/c2ccccc2OC)c1C. The lowest BCUT2D eigenvalue weighted by atomic mass is 10.1. The number of carbonyl (C=O) groups excluding carboxylic acids is 2. The third-order valence-electron chi connectivity index (χ3n) is 4.20. The van der Waals surface area contributed by atoms with E-state index < -0.39 is 5.97 Å². The van der Waals surface area contributed by atoms with Crippen molar-refractivity contribution in [1.82, 2.24) is 4.57 Å². The highest BCUT2D eigenvalue weighted by Crippen LogP contribution is 2.19. The number of nitrogens with zero attached hydrogens (tertiary/aromatic N) is 1. The molecule has 1 heterocycles. The molecule has 0 fully saturated rings. The number of aromatic nitrogens is 1. The number of hydrogen-bond donors (Lipinski definition) is 0. The maximum Gasteiger partial charge on any atom is 0.331 e. The average molecular weight is 355 g/mol. The molecule has 0 spiro atoms. The third kappa shape index (κ3) is 4.63. The maximum atomic E-state index is 12.4. The van der Waals surface area contributed by atoms with Crippen molar-refractivity contribution in [2.24, 2.45) is 0 Å². The van der Waals surface area contributed by atoms with Gasteiger partial charge in [-0.15, -0.1) is 0 Å². The van der Waals surface area contributed by atoms with E-state index in [1.165, 1.54) is 6.08 Å². The summed E-state index contributed by atoms with van der Waals surface area (Å²) in [6.07, 6.45) is 3.90. The van der Waals surface area contributed by atoms with E-state index in [0.29, 0.717) is 11.3 Å². The van der Waals surface area contributed by atoms with Crippen LogP contribution in [0.3, 0.4) is 0 Å². The zero-order valence-electron chi connectivity index (χ0n) is 15.7. The molecule has 0 bridgehead atoms. The summed E-state index contributed by atoms with van der Waals surface area (Å²) in [5.74, 6) is -0.0953. The number of hydrogen-bond acceptors (Lipinski definition) is 4. The van der Waals surface area contributed by atoms with Gasteiger partial charge in [0, 0.05) is 35.1 Å². The Balaban J connectivity index is 1.98. The van der Waals surface area contributed by atoms with Crippen molar-refractivity contribution >= 4 is 17.8 Å². The second kappa shape index (κ2) is 9.04. The molecule has 0 unspecified atom stereocenters. The van der Waals surface area contributed by atoms with Gasteiger partial charge in [0.15, 0.2) is 6.61 Å². The van der Waals surface area contributed by atoms with Crippen molar-refractivity contribution in [2.75, 3.05) is 13.7 Å². The summed E-state index contributed by atoms with van der Waals surface area (Å²) in [5.41, 5.74) is 3.32. The van der Waals surface area contributed by atoms with Crippen LogP contribution in [0.2, 0.25) is 0 Å². The molecule has 0 radical (unpaired) electrons. The Morgan fingerprint density at radius 1 is 1.19 bits per heavy atom. The molecule has 0 amide bonds. The Morgan fingerprint density at radius 2 is 1.92 bits per heavy atom. The number of methoxy groups -OCH3 is 1. The molecule has 0 saturated carbocycles. The minimum Gasteiger partial charge on any atom is -0.496 e. The number of para-hydroxylation sites is 1. The number of ether oxygens (including phenoxy) is 2. The lowest BCUT2D eigenvalue weighted by Gasteiger charge is -2.07. The summed E-state index contributed by atoms with van der Waals surface area (Å²) < 4.78 is 12.4. The summed E-state index contributed by atoms with van der Waals surface area (Å²) in [6.45, 7) is 6.58. The van der Waals surface area contributed by atoms with Crippen molar-refractivity contribution in [3.8, 4) is 5.75 Å². The Labute approximate surface area is 154 Å². The van der Waals surface area contributed by atoms with Crippen LogP contribution in [0.5, 0.6) is 5.75 Å². The van der Waals surface area contributed by atoms with Gasteiger partial charge < -0.3 is 14.0 Å². The number of esters is 1. The van der Waals surface area contributed by atoms with Crippen LogP contribution in [0.25, 0.3) is 6.08 Å². The Bertz CT molecular complexity index is 817. The first-order valence-corrected chi connectivity index (χ1v) is 8.65. The molecular formula is C21H25NO4. The second-order valence-electron chi connectivity index (χ2n) is 6.04. The highest BCUT2D eigenvalue weighted by atomic mass is 16.5. The molecule has 0 aliphatic heterocycles. The fourth-order valence-electron chi connectivity index (χ4n) is 2.88. The standard InChI is InChI=1S/C21H25NO4/c1-5-12-22-15(2)13-18(16(22)3)19(23)14-26-21(24)11-10-17-8-6-7-9-20(17)25-4/h6-11,13H,5,12,14H2,1-4H3/b11-10+. The van der Waals surface area contributed by atoms with E-state index in [1.54, 1.807) is 19.3 Å². The van der Waals surface area contributed by atoms with Crippen molar-refractivity contribution in [3.05, 3.63) is 58.9 Å². The topological polar surface area (TPSA) is 57.5 Å². The Morgan fingerprint density at radius 3 is 2.62 bits per heavy atom. The molecule has 1 aromatic heterocycles. The highest BCUT2D eigenvalue weighted by Gasteiger charge is 2.16. The molecule has 5 heteroatoms. The summed E-state index contributed by atoms with van der Waals surface area (Å²) in [4.78, 5) is 24.3. The van der Waals surface area contributed by atoms with E-state index in [0.717, 1.165) is 29.9 Å². The van der Waals surface area contributed by atoms with E-state index in [9.17, 15) is 9.59 Å². The Hall–Kier alpha value is -2.82. The molecule has 2 aromatic rings. The summed E-state index contributed by atoms with van der Waals surface area (Å²) in [6, 6.07) is 9.19. The number of carbonyl (C=O) groups is 2. The first kappa shape index (κ1) is 19.5. The van der Waals surface area contributed by atoms with E-state index in [4.69, 9.17) is 9.47 Å². The zero-order chi connectivity index (χ0) is 19.1. The lowest BCUT2D eigenvalue weighted by molar-refractivity contribution is -0.136. The van der Waals surface area contributed by atoms with Crippen LogP contribution in [0.4, 0.5) is 0 Å². The van der Waals surface area contributed by atoms with Gasteiger partial charge in [-0.3, -0.25) is 4.79 Å². The maximum absolute atomic E-state index is 12.4. The number of aryl methyl sites for hydroxylation is 1. The molecular weight excluding hydrogens is 330 g/mol. The number of ketones is 1. The predicted molar refractivity (Wildman–Crippen MR) is 102 cm³/mol. The number of Topliss-reactive ketones (excluding diaryl/α,β-unsaturated/α-hetero) is 1. The molecule has 0 aliphatic rings. The van der Waals surface area contributed by atoms with Crippen LogP contribution < -0.4 is 4.74 Å². The summed E-state index contributed by atoms with van der Waals surface area (Å²) in [7, 11) is 1.57. The molecule has 0 aliphatic carbocycles. The van der Waals surface area contributed by atoms with Gasteiger partial charge in [0.25, 0.3) is 0 Å². The van der Waals surface area contributed by atoms with Gasteiger partial charge in [-0.25, -0.2) is 4.79 Å². The predicted octanol–water partition coefficient (Wildman–Crippen LogP) is 3.96. The average Bonchev–Trinajstić information content (AvgIpc) is 2.93. The van der Waals surface area contributed by atoms with Gasteiger partial charge in [0.1, 0.15) is 5.75 Å². The highest BCUT2D eigenvalue weighted by molar-refractivity contribution is 6.00. The van der Waals surface area contributed by atoms with E-state index in [1.807, 2.05) is 38.1 Å². The van der Waals surface area contributed by atoms with Gasteiger partial charge in [-0.2, -0.15) is 0 Å². The van der Waals surface area contributed by atoms with Crippen molar-refractivity contribution in [3.63, 3.8) is 0 Å². The van der Waals surface area contributed by atoms with Crippen molar-refractivity contribution < 1.29 is 19.1 Å². The molecule has 0 atom stereocenters. The first-order chi connectivity index (χ1) is 12.5. The lowest BCUT2D eigenvalue weighted by Crippen LogP contribution is -2.13. The number of benzene rings is 1. The first-order valence-electron chi connectivity index (χ1n) is 8.65. The fraction of sp³-hybridized carbons (Fsp3) is 0.333. The molecule has 2 rings (SSSR count). The van der Waals surface area contributed by atoms with E-state index in [-0.39, 0.29) is 12.4 Å². The van der Waals surface area contributed by atoms with Gasteiger partial charge >= 0.3 is 5.97 Å². The number of rotatable bonds is 8. The summed E-state index contributed by atoms with van der Waals surface area (Å²) >= 11 is 0. The van der Waals surface area contributed by atoms with E-state index >= 15 is 0 Å². The van der Waals surface area contributed by atoms with Gasteiger partial charge in [-0.1, -0.05) is 25.1 Å². The van der Waals surface area contributed by atoms with Gasteiger partial charge in [0.05, 0.1) is 7.11 Å². The summed E-state index contributed by atoms with van der Waals surface area (Å²) in [5, 5.41) is 0. The van der Waals surface area contributed by atoms with Crippen LogP contribution in [-0.4, -0.2) is 30.0 Å². The molecule has 26 heavy (non-hydrogen) atoms. The Kier molecular flexibility index (Phi) is 6.78.